The van der Waals surface area contributed by atoms with Gasteiger partial charge in [-0.05, 0) is 42.7 Å². The molecule has 0 spiro atoms. The van der Waals surface area contributed by atoms with Crippen LogP contribution < -0.4 is 0 Å². The molecule has 5 heteroatoms. The van der Waals surface area contributed by atoms with Gasteiger partial charge in [-0.1, -0.05) is 30.4 Å². The summed E-state index contributed by atoms with van der Waals surface area (Å²) in [5.74, 6) is -1.01. The van der Waals surface area contributed by atoms with Crippen LogP contribution in [0.15, 0.2) is 42.5 Å². The molecule has 0 amide bonds. The second-order valence-electron chi connectivity index (χ2n) is 7.54. The smallest absolute Gasteiger partial charge is 0.131 e. The number of ether oxygens (including phenoxy) is 1. The largest absolute Gasteiger partial charge is 0.378 e. The van der Waals surface area contributed by atoms with Gasteiger partial charge in [-0.2, -0.15) is 0 Å². The van der Waals surface area contributed by atoms with Crippen molar-refractivity contribution in [1.29, 1.82) is 0 Å². The average Bonchev–Trinajstić information content (AvgIpc) is 3.00. The van der Waals surface area contributed by atoms with Crippen molar-refractivity contribution < 1.29 is 13.5 Å². The molecule has 144 valence electrons. The third-order valence-corrected chi connectivity index (χ3v) is 5.90. The molecule has 0 saturated carbocycles. The monoisotopic (exact) mass is 380 g/mol. The van der Waals surface area contributed by atoms with Gasteiger partial charge in [0.05, 0.1) is 25.3 Å². The van der Waals surface area contributed by atoms with Gasteiger partial charge in [-0.3, -0.25) is 4.90 Å². The van der Waals surface area contributed by atoms with Crippen molar-refractivity contribution in [2.24, 2.45) is 0 Å². The van der Waals surface area contributed by atoms with Gasteiger partial charge >= 0.3 is 0 Å². The van der Waals surface area contributed by atoms with Gasteiger partial charge in [-0.25, -0.2) is 8.78 Å². The number of hydrogen-bond acceptors (Lipinski definition) is 2. The number of nitrogens with zero attached hydrogens (tertiary/aromatic N) is 1. The number of aromatic nitrogens is 1. The van der Waals surface area contributed by atoms with Crippen molar-refractivity contribution in [3.05, 3.63) is 76.5 Å². The minimum atomic E-state index is -0.505. The molecule has 1 aromatic heterocycles. The van der Waals surface area contributed by atoms with E-state index in [4.69, 9.17) is 4.74 Å². The number of benzene rings is 2. The van der Waals surface area contributed by atoms with Crippen LogP contribution in [0.2, 0.25) is 0 Å². The zero-order valence-electron chi connectivity index (χ0n) is 15.7. The molecule has 3 heterocycles. The fraction of sp³-hybridized carbons (Fsp3) is 0.304. The molecule has 1 saturated heterocycles. The molecule has 2 aliphatic rings. The maximum atomic E-state index is 15.2. The first kappa shape index (κ1) is 17.6. The summed E-state index contributed by atoms with van der Waals surface area (Å²) >= 11 is 0. The minimum absolute atomic E-state index is 0.118. The van der Waals surface area contributed by atoms with E-state index in [1.807, 2.05) is 25.1 Å². The van der Waals surface area contributed by atoms with Crippen molar-refractivity contribution in [3.8, 4) is 0 Å². The van der Waals surface area contributed by atoms with Crippen LogP contribution in [0.3, 0.4) is 0 Å². The summed E-state index contributed by atoms with van der Waals surface area (Å²) < 4.78 is 35.7. The van der Waals surface area contributed by atoms with Gasteiger partial charge < -0.3 is 9.72 Å². The standard InChI is InChI=1S/C23H22F2N2O/c1-2-5-14-10-18(24)21(19(25)11-14)23-22-17(8-9-27(23)15-12-28-13-15)16-6-3-4-7-20(16)26-22/h2-7,10-11,15,23,26H,8-9,12-13H2,1H3/b5-2+. The highest BCUT2D eigenvalue weighted by Gasteiger charge is 2.40. The first-order valence-corrected chi connectivity index (χ1v) is 9.72. The summed E-state index contributed by atoms with van der Waals surface area (Å²) in [7, 11) is 0. The maximum absolute atomic E-state index is 15.2. The molecule has 3 nitrogen and oxygen atoms in total. The molecule has 0 bridgehead atoms. The molecule has 3 aromatic rings. The van der Waals surface area contributed by atoms with Crippen LogP contribution in [0, 0.1) is 11.6 Å². The third kappa shape index (κ3) is 2.69. The zero-order chi connectivity index (χ0) is 19.3. The summed E-state index contributed by atoms with van der Waals surface area (Å²) in [6.45, 7) is 3.79. The molecule has 2 aliphatic heterocycles. The molecule has 5 rings (SSSR count). The number of nitrogens with one attached hydrogen (secondary N) is 1. The molecular formula is C23H22F2N2O. The van der Waals surface area contributed by atoms with Gasteiger partial charge in [-0.15, -0.1) is 0 Å². The van der Waals surface area contributed by atoms with E-state index in [0.29, 0.717) is 18.8 Å². The Labute approximate surface area is 162 Å². The van der Waals surface area contributed by atoms with Crippen LogP contribution in [0.4, 0.5) is 8.78 Å². The fourth-order valence-electron chi connectivity index (χ4n) is 4.53. The summed E-state index contributed by atoms with van der Waals surface area (Å²) in [6, 6.07) is 10.6. The number of H-pyrrole nitrogens is 1. The number of para-hydroxylation sites is 1. The van der Waals surface area contributed by atoms with Crippen molar-refractivity contribution in [2.75, 3.05) is 19.8 Å². The number of fused-ring (bicyclic) bond motifs is 3. The summed E-state index contributed by atoms with van der Waals surface area (Å²) in [6.07, 6.45) is 4.34. The van der Waals surface area contributed by atoms with Crippen LogP contribution >= 0.6 is 0 Å². The maximum Gasteiger partial charge on any atom is 0.131 e. The van der Waals surface area contributed by atoms with Crippen LogP contribution in [0.1, 0.15) is 35.3 Å². The Kier molecular flexibility index (Phi) is 4.29. The van der Waals surface area contributed by atoms with E-state index in [1.165, 1.54) is 12.1 Å². The van der Waals surface area contributed by atoms with E-state index >= 15 is 8.78 Å². The number of halogens is 2. The number of aromatic amines is 1. The van der Waals surface area contributed by atoms with E-state index in [2.05, 4.69) is 16.0 Å². The molecule has 1 N–H and O–H groups in total. The normalized spacial score (nSPS) is 20.6. The molecule has 28 heavy (non-hydrogen) atoms. The van der Waals surface area contributed by atoms with Gasteiger partial charge in [0.15, 0.2) is 0 Å². The highest BCUT2D eigenvalue weighted by atomic mass is 19.1. The number of hydrogen-bond donors (Lipinski definition) is 1. The average molecular weight is 380 g/mol. The Bertz CT molecular complexity index is 1040. The van der Waals surface area contributed by atoms with Crippen LogP contribution in [-0.2, 0) is 11.2 Å². The van der Waals surface area contributed by atoms with Crippen LogP contribution in [0.5, 0.6) is 0 Å². The molecule has 0 radical (unpaired) electrons. The Balaban J connectivity index is 1.71. The molecular weight excluding hydrogens is 358 g/mol. The van der Waals surface area contributed by atoms with Gasteiger partial charge in [0.1, 0.15) is 11.6 Å². The lowest BCUT2D eigenvalue weighted by Gasteiger charge is -2.44. The first-order valence-electron chi connectivity index (χ1n) is 9.72. The lowest BCUT2D eigenvalue weighted by atomic mass is 9.89. The Morgan fingerprint density at radius 1 is 1.14 bits per heavy atom. The predicted molar refractivity (Wildman–Crippen MR) is 106 cm³/mol. The number of rotatable bonds is 3. The highest BCUT2D eigenvalue weighted by molar-refractivity contribution is 5.85. The summed E-state index contributed by atoms with van der Waals surface area (Å²) in [5, 5.41) is 1.14. The molecule has 2 aromatic carbocycles. The van der Waals surface area contributed by atoms with E-state index in [-0.39, 0.29) is 11.6 Å². The van der Waals surface area contributed by atoms with Crippen molar-refractivity contribution in [3.63, 3.8) is 0 Å². The zero-order valence-corrected chi connectivity index (χ0v) is 15.7. The highest BCUT2D eigenvalue weighted by Crippen LogP contribution is 2.42. The first-order chi connectivity index (χ1) is 13.7. The van der Waals surface area contributed by atoms with E-state index in [0.717, 1.165) is 35.1 Å². The molecule has 1 fully saturated rings. The van der Waals surface area contributed by atoms with Gasteiger partial charge in [0.25, 0.3) is 0 Å². The van der Waals surface area contributed by atoms with Crippen LogP contribution in [0.25, 0.3) is 17.0 Å². The van der Waals surface area contributed by atoms with E-state index in [9.17, 15) is 0 Å². The predicted octanol–water partition coefficient (Wildman–Crippen LogP) is 4.83. The van der Waals surface area contributed by atoms with Gasteiger partial charge in [0, 0.05) is 28.7 Å². The van der Waals surface area contributed by atoms with Crippen LogP contribution in [-0.4, -0.2) is 35.7 Å². The van der Waals surface area contributed by atoms with Gasteiger partial charge in [0.2, 0.25) is 0 Å². The third-order valence-electron chi connectivity index (χ3n) is 5.90. The van der Waals surface area contributed by atoms with E-state index in [1.54, 1.807) is 12.2 Å². The lowest BCUT2D eigenvalue weighted by Crippen LogP contribution is -2.53. The van der Waals surface area contributed by atoms with Crippen molar-refractivity contribution >= 4 is 17.0 Å². The second kappa shape index (κ2) is 6.83. The Morgan fingerprint density at radius 2 is 1.89 bits per heavy atom. The number of allylic oxidation sites excluding steroid dienone is 1. The van der Waals surface area contributed by atoms with Crippen molar-refractivity contribution in [1.82, 2.24) is 9.88 Å². The second-order valence-corrected chi connectivity index (χ2v) is 7.54. The fourth-order valence-corrected chi connectivity index (χ4v) is 4.53. The Morgan fingerprint density at radius 3 is 2.57 bits per heavy atom. The lowest BCUT2D eigenvalue weighted by molar-refractivity contribution is -0.0780. The molecule has 1 atom stereocenters. The topological polar surface area (TPSA) is 28.3 Å². The minimum Gasteiger partial charge on any atom is -0.378 e. The SMILES string of the molecule is C/C=C/c1cc(F)c(C2c3[nH]c4ccccc4c3CCN2C2COC2)c(F)c1. The quantitative estimate of drug-likeness (QED) is 0.705. The molecule has 1 unspecified atom stereocenters. The Hall–Kier alpha value is -2.50. The van der Waals surface area contributed by atoms with E-state index < -0.39 is 17.7 Å². The summed E-state index contributed by atoms with van der Waals surface area (Å²) in [4.78, 5) is 5.65. The van der Waals surface area contributed by atoms with Crippen molar-refractivity contribution in [2.45, 2.75) is 25.4 Å². The molecule has 0 aliphatic carbocycles. The summed E-state index contributed by atoms with van der Waals surface area (Å²) in [5.41, 5.74) is 3.72.